The SMILES string of the molecule is C[C@H]1Cc2ccccc2N1C(=O)CNCCn1cccn1. The number of rotatable bonds is 5. The molecule has 1 aliphatic rings. The quantitative estimate of drug-likeness (QED) is 0.846. The summed E-state index contributed by atoms with van der Waals surface area (Å²) in [7, 11) is 0. The Labute approximate surface area is 124 Å². The molecule has 1 atom stereocenters. The molecule has 0 radical (unpaired) electrons. The Bertz CT molecular complexity index is 608. The zero-order chi connectivity index (χ0) is 14.7. The van der Waals surface area contributed by atoms with E-state index in [0.717, 1.165) is 25.2 Å². The van der Waals surface area contributed by atoms with Gasteiger partial charge in [0, 0.05) is 30.7 Å². The van der Waals surface area contributed by atoms with Crippen molar-refractivity contribution < 1.29 is 4.79 Å². The standard InChI is InChI=1S/C16H20N4O/c1-13-11-14-5-2-3-6-15(14)20(13)16(21)12-17-8-10-19-9-4-7-18-19/h2-7,9,13,17H,8,10-12H2,1H3/t13-/m0/s1. The summed E-state index contributed by atoms with van der Waals surface area (Å²) in [5, 5.41) is 7.33. The fourth-order valence-corrected chi connectivity index (χ4v) is 2.85. The van der Waals surface area contributed by atoms with Crippen molar-refractivity contribution in [3.63, 3.8) is 0 Å². The fraction of sp³-hybridized carbons (Fsp3) is 0.375. The molecule has 0 spiro atoms. The zero-order valence-electron chi connectivity index (χ0n) is 12.2. The van der Waals surface area contributed by atoms with Crippen molar-refractivity contribution in [1.82, 2.24) is 15.1 Å². The van der Waals surface area contributed by atoms with Crippen molar-refractivity contribution in [2.45, 2.75) is 25.9 Å². The number of benzene rings is 1. The summed E-state index contributed by atoms with van der Waals surface area (Å²) in [5.41, 5.74) is 2.32. The van der Waals surface area contributed by atoms with Crippen LogP contribution in [0.15, 0.2) is 42.7 Å². The Kier molecular flexibility index (Phi) is 4.01. The number of nitrogens with zero attached hydrogens (tertiary/aromatic N) is 3. The van der Waals surface area contributed by atoms with Crippen LogP contribution >= 0.6 is 0 Å². The topological polar surface area (TPSA) is 50.2 Å². The van der Waals surface area contributed by atoms with Gasteiger partial charge in [0.25, 0.3) is 0 Å². The van der Waals surface area contributed by atoms with Crippen LogP contribution in [0.2, 0.25) is 0 Å². The van der Waals surface area contributed by atoms with Crippen molar-refractivity contribution in [2.24, 2.45) is 0 Å². The first-order valence-electron chi connectivity index (χ1n) is 7.34. The second-order valence-electron chi connectivity index (χ2n) is 5.39. The third-order valence-corrected chi connectivity index (χ3v) is 3.83. The lowest BCUT2D eigenvalue weighted by molar-refractivity contribution is -0.118. The Hall–Kier alpha value is -2.14. The summed E-state index contributed by atoms with van der Waals surface area (Å²) in [5.74, 6) is 0.132. The smallest absolute Gasteiger partial charge is 0.241 e. The number of anilines is 1. The number of carbonyl (C=O) groups excluding carboxylic acids is 1. The minimum atomic E-state index is 0.132. The van der Waals surface area contributed by atoms with Crippen LogP contribution in [0.5, 0.6) is 0 Å². The highest BCUT2D eigenvalue weighted by atomic mass is 16.2. The molecule has 1 N–H and O–H groups in total. The molecule has 3 rings (SSSR count). The molecule has 1 aromatic carbocycles. The third-order valence-electron chi connectivity index (χ3n) is 3.83. The van der Waals surface area contributed by atoms with Gasteiger partial charge in [-0.3, -0.25) is 9.48 Å². The van der Waals surface area contributed by atoms with Crippen molar-refractivity contribution in [2.75, 3.05) is 18.0 Å². The monoisotopic (exact) mass is 284 g/mol. The maximum Gasteiger partial charge on any atom is 0.241 e. The van der Waals surface area contributed by atoms with E-state index in [4.69, 9.17) is 0 Å². The first-order chi connectivity index (χ1) is 10.3. The van der Waals surface area contributed by atoms with Crippen molar-refractivity contribution in [3.8, 4) is 0 Å². The summed E-state index contributed by atoms with van der Waals surface area (Å²) in [4.78, 5) is 14.3. The van der Waals surface area contributed by atoms with Gasteiger partial charge in [-0.2, -0.15) is 5.10 Å². The van der Waals surface area contributed by atoms with Crippen LogP contribution in [0.1, 0.15) is 12.5 Å². The van der Waals surface area contributed by atoms with Gasteiger partial charge in [-0.15, -0.1) is 0 Å². The molecule has 0 saturated heterocycles. The summed E-state index contributed by atoms with van der Waals surface area (Å²) < 4.78 is 1.85. The number of hydrogen-bond acceptors (Lipinski definition) is 3. The van der Waals surface area contributed by atoms with Gasteiger partial charge < -0.3 is 10.2 Å². The number of nitrogens with one attached hydrogen (secondary N) is 1. The minimum absolute atomic E-state index is 0.132. The molecule has 0 aliphatic carbocycles. The Morgan fingerprint density at radius 3 is 3.05 bits per heavy atom. The molecule has 0 bridgehead atoms. The summed E-state index contributed by atoms with van der Waals surface area (Å²) in [6.45, 7) is 3.96. The molecule has 5 heteroatoms. The molecule has 1 aromatic heterocycles. The summed E-state index contributed by atoms with van der Waals surface area (Å²) in [6.07, 6.45) is 4.62. The van der Waals surface area contributed by atoms with Crippen LogP contribution in [-0.2, 0) is 17.8 Å². The normalized spacial score (nSPS) is 17.0. The maximum absolute atomic E-state index is 12.4. The molecule has 2 heterocycles. The van der Waals surface area contributed by atoms with Crippen LogP contribution in [0.4, 0.5) is 5.69 Å². The Morgan fingerprint density at radius 1 is 1.38 bits per heavy atom. The van der Waals surface area contributed by atoms with E-state index in [9.17, 15) is 4.79 Å². The second kappa shape index (κ2) is 6.10. The lowest BCUT2D eigenvalue weighted by atomic mass is 10.1. The predicted octanol–water partition coefficient (Wildman–Crippen LogP) is 1.45. The van der Waals surface area contributed by atoms with E-state index in [1.807, 2.05) is 40.0 Å². The van der Waals surface area contributed by atoms with E-state index in [0.29, 0.717) is 6.54 Å². The molecular formula is C16H20N4O. The first kappa shape index (κ1) is 13.8. The van der Waals surface area contributed by atoms with E-state index < -0.39 is 0 Å². The van der Waals surface area contributed by atoms with Gasteiger partial charge >= 0.3 is 0 Å². The number of amides is 1. The van der Waals surface area contributed by atoms with Gasteiger partial charge in [0.1, 0.15) is 0 Å². The summed E-state index contributed by atoms with van der Waals surface area (Å²) >= 11 is 0. The average molecular weight is 284 g/mol. The van der Waals surface area contributed by atoms with Crippen LogP contribution < -0.4 is 10.2 Å². The number of para-hydroxylation sites is 1. The van der Waals surface area contributed by atoms with Gasteiger partial charge in [0.05, 0.1) is 13.1 Å². The molecule has 1 amide bonds. The zero-order valence-corrected chi connectivity index (χ0v) is 12.2. The van der Waals surface area contributed by atoms with Crippen molar-refractivity contribution >= 4 is 11.6 Å². The van der Waals surface area contributed by atoms with E-state index in [1.165, 1.54) is 5.56 Å². The molecule has 0 fully saturated rings. The molecule has 2 aromatic rings. The van der Waals surface area contributed by atoms with Crippen molar-refractivity contribution in [3.05, 3.63) is 48.3 Å². The molecular weight excluding hydrogens is 264 g/mol. The molecule has 110 valence electrons. The highest BCUT2D eigenvalue weighted by Crippen LogP contribution is 2.31. The Balaban J connectivity index is 1.53. The van der Waals surface area contributed by atoms with Crippen LogP contribution in [0, 0.1) is 0 Å². The van der Waals surface area contributed by atoms with E-state index >= 15 is 0 Å². The van der Waals surface area contributed by atoms with Crippen molar-refractivity contribution in [1.29, 1.82) is 0 Å². The van der Waals surface area contributed by atoms with Gasteiger partial charge in [-0.05, 0) is 31.0 Å². The van der Waals surface area contributed by atoms with E-state index in [1.54, 1.807) is 6.20 Å². The van der Waals surface area contributed by atoms with Crippen LogP contribution in [-0.4, -0.2) is 34.8 Å². The Morgan fingerprint density at radius 2 is 2.24 bits per heavy atom. The predicted molar refractivity (Wildman–Crippen MR) is 82.2 cm³/mol. The summed E-state index contributed by atoms with van der Waals surface area (Å²) in [6, 6.07) is 10.3. The molecule has 21 heavy (non-hydrogen) atoms. The highest BCUT2D eigenvalue weighted by Gasteiger charge is 2.29. The molecule has 5 nitrogen and oxygen atoms in total. The number of carbonyl (C=O) groups is 1. The average Bonchev–Trinajstić information content (AvgIpc) is 3.09. The van der Waals surface area contributed by atoms with Gasteiger partial charge in [-0.1, -0.05) is 18.2 Å². The number of fused-ring (bicyclic) bond motifs is 1. The maximum atomic E-state index is 12.4. The third kappa shape index (κ3) is 2.97. The van der Waals surface area contributed by atoms with Crippen LogP contribution in [0.3, 0.4) is 0 Å². The van der Waals surface area contributed by atoms with E-state index in [2.05, 4.69) is 23.4 Å². The lowest BCUT2D eigenvalue weighted by Crippen LogP contribution is -2.42. The van der Waals surface area contributed by atoms with E-state index in [-0.39, 0.29) is 11.9 Å². The van der Waals surface area contributed by atoms with Gasteiger partial charge in [0.15, 0.2) is 0 Å². The van der Waals surface area contributed by atoms with Gasteiger partial charge in [0.2, 0.25) is 5.91 Å². The van der Waals surface area contributed by atoms with Crippen LogP contribution in [0.25, 0.3) is 0 Å². The first-order valence-corrected chi connectivity index (χ1v) is 7.34. The fourth-order valence-electron chi connectivity index (χ4n) is 2.85. The number of hydrogen-bond donors (Lipinski definition) is 1. The number of aromatic nitrogens is 2. The molecule has 0 unspecified atom stereocenters. The second-order valence-corrected chi connectivity index (χ2v) is 5.39. The lowest BCUT2D eigenvalue weighted by Gasteiger charge is -2.23. The minimum Gasteiger partial charge on any atom is -0.308 e. The van der Waals surface area contributed by atoms with Gasteiger partial charge in [-0.25, -0.2) is 0 Å². The highest BCUT2D eigenvalue weighted by molar-refractivity contribution is 5.97. The molecule has 0 saturated carbocycles. The molecule has 1 aliphatic heterocycles. The largest absolute Gasteiger partial charge is 0.308 e.